The first-order valence-corrected chi connectivity index (χ1v) is 7.21. The lowest BCUT2D eigenvalue weighted by molar-refractivity contribution is 0.0658. The minimum atomic E-state index is 0.216. The van der Waals surface area contributed by atoms with Crippen molar-refractivity contribution in [3.63, 3.8) is 0 Å². The Kier molecular flexibility index (Phi) is 3.67. The van der Waals surface area contributed by atoms with Crippen LogP contribution in [0.2, 0.25) is 0 Å². The zero-order valence-electron chi connectivity index (χ0n) is 12.4. The molecule has 0 saturated heterocycles. The third-order valence-electron chi connectivity index (χ3n) is 3.49. The topological polar surface area (TPSA) is 51.0 Å². The van der Waals surface area contributed by atoms with Gasteiger partial charge in [0.25, 0.3) is 0 Å². The standard InChI is InChI=1S/C18H20N2O/c1-12(2)21-11-13-8-15-10-17(14-6-4-3-5-7-14)20-18(15)16(19)9-13/h3-10,12,20H,11,19H2,1-2H3. The molecule has 21 heavy (non-hydrogen) atoms. The monoisotopic (exact) mass is 280 g/mol. The van der Waals surface area contributed by atoms with Gasteiger partial charge in [0.2, 0.25) is 0 Å². The Morgan fingerprint density at radius 2 is 1.86 bits per heavy atom. The van der Waals surface area contributed by atoms with E-state index in [1.165, 1.54) is 0 Å². The molecule has 0 unspecified atom stereocenters. The second-order valence-corrected chi connectivity index (χ2v) is 5.56. The fourth-order valence-electron chi connectivity index (χ4n) is 2.46. The smallest absolute Gasteiger partial charge is 0.0721 e. The molecule has 3 nitrogen and oxygen atoms in total. The molecule has 0 radical (unpaired) electrons. The number of aromatic nitrogens is 1. The zero-order valence-corrected chi connectivity index (χ0v) is 12.4. The Balaban J connectivity index is 1.99. The molecular formula is C18H20N2O. The van der Waals surface area contributed by atoms with Crippen LogP contribution in [-0.2, 0) is 11.3 Å². The van der Waals surface area contributed by atoms with Crippen molar-refractivity contribution in [2.24, 2.45) is 0 Å². The lowest BCUT2D eigenvalue weighted by Crippen LogP contribution is -2.02. The number of H-pyrrole nitrogens is 1. The number of aromatic amines is 1. The van der Waals surface area contributed by atoms with Crippen LogP contribution in [0.1, 0.15) is 19.4 Å². The fourth-order valence-corrected chi connectivity index (χ4v) is 2.46. The molecule has 3 N–H and O–H groups in total. The number of anilines is 1. The third-order valence-corrected chi connectivity index (χ3v) is 3.49. The van der Waals surface area contributed by atoms with Crippen LogP contribution >= 0.6 is 0 Å². The largest absolute Gasteiger partial charge is 0.397 e. The number of ether oxygens (including phenoxy) is 1. The summed E-state index contributed by atoms with van der Waals surface area (Å²) in [5, 5.41) is 1.12. The lowest BCUT2D eigenvalue weighted by Gasteiger charge is -2.08. The summed E-state index contributed by atoms with van der Waals surface area (Å²) >= 11 is 0. The van der Waals surface area contributed by atoms with Crippen molar-refractivity contribution < 1.29 is 4.74 Å². The Labute approximate surface area is 124 Å². The van der Waals surface area contributed by atoms with Crippen LogP contribution in [-0.4, -0.2) is 11.1 Å². The minimum Gasteiger partial charge on any atom is -0.397 e. The summed E-state index contributed by atoms with van der Waals surface area (Å²) in [7, 11) is 0. The van der Waals surface area contributed by atoms with Crippen molar-refractivity contribution in [2.75, 3.05) is 5.73 Å². The van der Waals surface area contributed by atoms with Crippen LogP contribution in [0.5, 0.6) is 0 Å². The van der Waals surface area contributed by atoms with Crippen molar-refractivity contribution in [1.29, 1.82) is 0 Å². The molecule has 1 aromatic heterocycles. The number of hydrogen-bond acceptors (Lipinski definition) is 2. The number of benzene rings is 2. The average Bonchev–Trinajstić information content (AvgIpc) is 2.91. The maximum absolute atomic E-state index is 6.17. The van der Waals surface area contributed by atoms with Gasteiger partial charge in [0.15, 0.2) is 0 Å². The molecule has 0 bridgehead atoms. The van der Waals surface area contributed by atoms with Crippen molar-refractivity contribution >= 4 is 16.6 Å². The van der Waals surface area contributed by atoms with Gasteiger partial charge in [0.05, 0.1) is 23.9 Å². The summed E-state index contributed by atoms with van der Waals surface area (Å²) in [6.45, 7) is 4.65. The van der Waals surface area contributed by atoms with E-state index >= 15 is 0 Å². The highest BCUT2D eigenvalue weighted by Gasteiger charge is 2.08. The van der Waals surface area contributed by atoms with Crippen LogP contribution in [0.15, 0.2) is 48.5 Å². The SMILES string of the molecule is CC(C)OCc1cc(N)c2[nH]c(-c3ccccc3)cc2c1. The van der Waals surface area contributed by atoms with E-state index in [1.807, 2.05) is 38.1 Å². The predicted molar refractivity (Wildman–Crippen MR) is 88.1 cm³/mol. The molecule has 1 heterocycles. The van der Waals surface area contributed by atoms with Gasteiger partial charge in [0.1, 0.15) is 0 Å². The number of hydrogen-bond donors (Lipinski definition) is 2. The van der Waals surface area contributed by atoms with Gasteiger partial charge in [-0.25, -0.2) is 0 Å². The van der Waals surface area contributed by atoms with Crippen molar-refractivity contribution in [3.8, 4) is 11.3 Å². The molecule has 3 rings (SSSR count). The maximum atomic E-state index is 6.17. The molecule has 3 aromatic rings. The average molecular weight is 280 g/mol. The molecule has 0 fully saturated rings. The quantitative estimate of drug-likeness (QED) is 0.698. The summed E-state index contributed by atoms with van der Waals surface area (Å²) in [5.74, 6) is 0. The molecular weight excluding hydrogens is 260 g/mol. The molecule has 0 atom stereocenters. The second kappa shape index (κ2) is 5.62. The summed E-state index contributed by atoms with van der Waals surface area (Å²) in [5.41, 5.74) is 11.3. The predicted octanol–water partition coefficient (Wildman–Crippen LogP) is 4.34. The normalized spacial score (nSPS) is 11.4. The highest BCUT2D eigenvalue weighted by atomic mass is 16.5. The van der Waals surface area contributed by atoms with Gasteiger partial charge in [-0.2, -0.15) is 0 Å². The summed E-state index contributed by atoms with van der Waals surface area (Å²) in [6, 6.07) is 16.5. The third kappa shape index (κ3) is 2.93. The van der Waals surface area contributed by atoms with E-state index in [2.05, 4.69) is 29.2 Å². The lowest BCUT2D eigenvalue weighted by atomic mass is 10.1. The summed E-state index contributed by atoms with van der Waals surface area (Å²) in [6.07, 6.45) is 0.216. The Bertz CT molecular complexity index is 745. The fraction of sp³-hybridized carbons (Fsp3) is 0.222. The van der Waals surface area contributed by atoms with Crippen LogP contribution in [0.25, 0.3) is 22.2 Å². The van der Waals surface area contributed by atoms with Gasteiger partial charge < -0.3 is 15.5 Å². The van der Waals surface area contributed by atoms with Gasteiger partial charge in [-0.3, -0.25) is 0 Å². The van der Waals surface area contributed by atoms with E-state index in [0.717, 1.165) is 33.4 Å². The van der Waals surface area contributed by atoms with Crippen LogP contribution in [0.4, 0.5) is 5.69 Å². The van der Waals surface area contributed by atoms with Crippen molar-refractivity contribution in [2.45, 2.75) is 26.6 Å². The number of rotatable bonds is 4. The number of nitrogens with two attached hydrogens (primary N) is 1. The van der Waals surface area contributed by atoms with Gasteiger partial charge in [-0.15, -0.1) is 0 Å². The second-order valence-electron chi connectivity index (χ2n) is 5.56. The molecule has 2 aromatic carbocycles. The summed E-state index contributed by atoms with van der Waals surface area (Å²) < 4.78 is 5.66. The van der Waals surface area contributed by atoms with Crippen molar-refractivity contribution in [3.05, 3.63) is 54.1 Å². The maximum Gasteiger partial charge on any atom is 0.0721 e. The van der Waals surface area contributed by atoms with E-state index in [1.54, 1.807) is 0 Å². The molecule has 0 aliphatic carbocycles. The molecule has 3 heteroatoms. The van der Waals surface area contributed by atoms with Gasteiger partial charge in [0, 0.05) is 11.1 Å². The van der Waals surface area contributed by atoms with Crippen LogP contribution in [0.3, 0.4) is 0 Å². The van der Waals surface area contributed by atoms with Gasteiger partial charge in [-0.1, -0.05) is 30.3 Å². The van der Waals surface area contributed by atoms with E-state index < -0.39 is 0 Å². The number of nitrogens with one attached hydrogen (secondary N) is 1. The minimum absolute atomic E-state index is 0.216. The first kappa shape index (κ1) is 13.7. The van der Waals surface area contributed by atoms with E-state index in [4.69, 9.17) is 10.5 Å². The highest BCUT2D eigenvalue weighted by molar-refractivity contribution is 5.94. The molecule has 0 amide bonds. The summed E-state index contributed by atoms with van der Waals surface area (Å²) in [4.78, 5) is 3.41. The molecule has 108 valence electrons. The van der Waals surface area contributed by atoms with Gasteiger partial charge in [-0.05, 0) is 43.2 Å². The van der Waals surface area contributed by atoms with Crippen LogP contribution in [0, 0.1) is 0 Å². The first-order chi connectivity index (χ1) is 10.1. The number of fused-ring (bicyclic) bond motifs is 1. The van der Waals surface area contributed by atoms with E-state index in [9.17, 15) is 0 Å². The molecule has 0 spiro atoms. The van der Waals surface area contributed by atoms with Gasteiger partial charge >= 0.3 is 0 Å². The highest BCUT2D eigenvalue weighted by Crippen LogP contribution is 2.29. The van der Waals surface area contributed by atoms with E-state index in [0.29, 0.717) is 6.61 Å². The Morgan fingerprint density at radius 3 is 2.57 bits per heavy atom. The molecule has 0 aliphatic rings. The van der Waals surface area contributed by atoms with E-state index in [-0.39, 0.29) is 6.10 Å². The van der Waals surface area contributed by atoms with Crippen molar-refractivity contribution in [1.82, 2.24) is 4.98 Å². The Morgan fingerprint density at radius 1 is 1.10 bits per heavy atom. The number of nitrogen functional groups attached to an aromatic ring is 1. The molecule has 0 aliphatic heterocycles. The van der Waals surface area contributed by atoms with Crippen LogP contribution < -0.4 is 5.73 Å². The first-order valence-electron chi connectivity index (χ1n) is 7.21. The Hall–Kier alpha value is -2.26. The molecule has 0 saturated carbocycles. The zero-order chi connectivity index (χ0) is 14.8.